The van der Waals surface area contributed by atoms with Crippen LogP contribution >= 0.6 is 0 Å². The van der Waals surface area contributed by atoms with E-state index in [1.807, 2.05) is 11.7 Å². The summed E-state index contributed by atoms with van der Waals surface area (Å²) in [5.41, 5.74) is 4.86. The maximum absolute atomic E-state index is 4.58. The zero-order valence-corrected chi connectivity index (χ0v) is 13.8. The molecular formula is C16H27N5. The quantitative estimate of drug-likeness (QED) is 0.851. The van der Waals surface area contributed by atoms with Crippen molar-refractivity contribution in [1.29, 1.82) is 0 Å². The Hall–Kier alpha value is -1.62. The number of aryl methyl sites for hydroxylation is 4. The summed E-state index contributed by atoms with van der Waals surface area (Å²) in [4.78, 5) is 0. The van der Waals surface area contributed by atoms with E-state index in [-0.39, 0.29) is 0 Å². The predicted molar refractivity (Wildman–Crippen MR) is 85.3 cm³/mol. The Labute approximate surface area is 127 Å². The number of likely N-dealkylation sites (N-methyl/N-ethyl adjacent to an activating group) is 1. The summed E-state index contributed by atoms with van der Waals surface area (Å²) in [6.07, 6.45) is 4.05. The van der Waals surface area contributed by atoms with E-state index in [0.29, 0.717) is 6.04 Å². The molecule has 0 radical (unpaired) electrons. The van der Waals surface area contributed by atoms with E-state index < -0.39 is 0 Å². The molecule has 0 spiro atoms. The van der Waals surface area contributed by atoms with Crippen LogP contribution in [0.5, 0.6) is 0 Å². The van der Waals surface area contributed by atoms with Crippen molar-refractivity contribution >= 4 is 0 Å². The Kier molecular flexibility index (Phi) is 5.17. The molecule has 5 heteroatoms. The van der Waals surface area contributed by atoms with Crippen LogP contribution in [0.2, 0.25) is 0 Å². The van der Waals surface area contributed by atoms with Crippen molar-refractivity contribution in [2.75, 3.05) is 6.54 Å². The normalized spacial score (nSPS) is 12.8. The van der Waals surface area contributed by atoms with Gasteiger partial charge in [0, 0.05) is 43.5 Å². The average Bonchev–Trinajstić information content (AvgIpc) is 3.00. The summed E-state index contributed by atoms with van der Waals surface area (Å²) in [6, 6.07) is 2.48. The lowest BCUT2D eigenvalue weighted by Gasteiger charge is -2.18. The molecule has 0 bridgehead atoms. The first-order valence-corrected chi connectivity index (χ1v) is 7.88. The van der Waals surface area contributed by atoms with Gasteiger partial charge in [0.05, 0.1) is 11.4 Å². The molecule has 0 saturated heterocycles. The first kappa shape index (κ1) is 15.8. The fourth-order valence-electron chi connectivity index (χ4n) is 2.90. The van der Waals surface area contributed by atoms with Gasteiger partial charge in [0.2, 0.25) is 0 Å². The number of hydrogen-bond acceptors (Lipinski definition) is 3. The van der Waals surface area contributed by atoms with Crippen molar-refractivity contribution < 1.29 is 0 Å². The molecule has 0 fully saturated rings. The fraction of sp³-hybridized carbons (Fsp3) is 0.625. The highest BCUT2D eigenvalue weighted by atomic mass is 15.3. The lowest BCUT2D eigenvalue weighted by atomic mass is 10.0. The van der Waals surface area contributed by atoms with Crippen LogP contribution in [0.25, 0.3) is 0 Å². The fourth-order valence-corrected chi connectivity index (χ4v) is 2.90. The monoisotopic (exact) mass is 289 g/mol. The van der Waals surface area contributed by atoms with E-state index in [4.69, 9.17) is 0 Å². The van der Waals surface area contributed by atoms with Crippen LogP contribution < -0.4 is 5.32 Å². The van der Waals surface area contributed by atoms with E-state index >= 15 is 0 Å². The van der Waals surface area contributed by atoms with Gasteiger partial charge in [-0.25, -0.2) is 0 Å². The molecule has 1 N–H and O–H groups in total. The molecule has 5 nitrogen and oxygen atoms in total. The molecule has 21 heavy (non-hydrogen) atoms. The summed E-state index contributed by atoms with van der Waals surface area (Å²) in [7, 11) is 1.99. The molecule has 0 aliphatic heterocycles. The third-order valence-corrected chi connectivity index (χ3v) is 3.80. The largest absolute Gasteiger partial charge is 0.310 e. The van der Waals surface area contributed by atoms with Crippen molar-refractivity contribution in [3.63, 3.8) is 0 Å². The molecule has 0 amide bonds. The van der Waals surface area contributed by atoms with Crippen LogP contribution in [0, 0.1) is 6.92 Å². The van der Waals surface area contributed by atoms with Crippen LogP contribution in [-0.4, -0.2) is 26.1 Å². The van der Waals surface area contributed by atoms with Crippen molar-refractivity contribution in [3.05, 3.63) is 34.9 Å². The van der Waals surface area contributed by atoms with Gasteiger partial charge in [-0.05, 0) is 32.9 Å². The summed E-state index contributed by atoms with van der Waals surface area (Å²) in [5, 5.41) is 12.7. The van der Waals surface area contributed by atoms with E-state index in [0.717, 1.165) is 31.6 Å². The number of hydrogen-bond donors (Lipinski definition) is 1. The summed E-state index contributed by atoms with van der Waals surface area (Å²) < 4.78 is 4.02. The van der Waals surface area contributed by atoms with Crippen molar-refractivity contribution in [2.45, 2.75) is 53.1 Å². The zero-order chi connectivity index (χ0) is 15.4. The molecule has 1 unspecified atom stereocenters. The second-order valence-corrected chi connectivity index (χ2v) is 5.47. The number of aromatic nitrogens is 4. The summed E-state index contributed by atoms with van der Waals surface area (Å²) in [5.74, 6) is 0. The van der Waals surface area contributed by atoms with Gasteiger partial charge in [-0.15, -0.1) is 0 Å². The Morgan fingerprint density at radius 2 is 2.00 bits per heavy atom. The minimum Gasteiger partial charge on any atom is -0.310 e. The smallest absolute Gasteiger partial charge is 0.0669 e. The molecule has 0 aliphatic rings. The second kappa shape index (κ2) is 6.89. The first-order chi connectivity index (χ1) is 10.1. The van der Waals surface area contributed by atoms with E-state index in [1.54, 1.807) is 0 Å². The number of nitrogens with one attached hydrogen (secondary N) is 1. The van der Waals surface area contributed by atoms with Gasteiger partial charge in [-0.3, -0.25) is 9.36 Å². The molecule has 2 aromatic rings. The Balaban J connectivity index is 2.30. The summed E-state index contributed by atoms with van der Waals surface area (Å²) >= 11 is 0. The van der Waals surface area contributed by atoms with Crippen LogP contribution in [0.4, 0.5) is 0 Å². The molecule has 0 aromatic carbocycles. The van der Waals surface area contributed by atoms with Gasteiger partial charge in [-0.1, -0.05) is 13.8 Å². The SMILES string of the molecule is CCNC(Cc1cc(C)nn1CC)c1cn(C)nc1CC. The standard InChI is InChI=1S/C16H27N5/c1-6-15-14(11-20(5)19-15)16(17-7-2)10-13-9-12(4)18-21(13)8-3/h9,11,16-17H,6-8,10H2,1-5H3. The Morgan fingerprint density at radius 1 is 1.24 bits per heavy atom. The predicted octanol–water partition coefficient (Wildman–Crippen LogP) is 2.40. The zero-order valence-electron chi connectivity index (χ0n) is 13.8. The molecule has 116 valence electrons. The Morgan fingerprint density at radius 3 is 2.62 bits per heavy atom. The maximum atomic E-state index is 4.58. The topological polar surface area (TPSA) is 47.7 Å². The van der Waals surface area contributed by atoms with Gasteiger partial charge in [-0.2, -0.15) is 10.2 Å². The van der Waals surface area contributed by atoms with Crippen molar-refractivity contribution in [2.24, 2.45) is 7.05 Å². The second-order valence-electron chi connectivity index (χ2n) is 5.47. The van der Waals surface area contributed by atoms with Crippen LogP contribution in [-0.2, 0) is 26.4 Å². The molecule has 2 heterocycles. The minimum absolute atomic E-state index is 0.292. The van der Waals surface area contributed by atoms with Crippen LogP contribution in [0.3, 0.4) is 0 Å². The third-order valence-electron chi connectivity index (χ3n) is 3.80. The van der Waals surface area contributed by atoms with Crippen molar-refractivity contribution in [3.8, 4) is 0 Å². The van der Waals surface area contributed by atoms with Crippen LogP contribution in [0.15, 0.2) is 12.3 Å². The van der Waals surface area contributed by atoms with E-state index in [1.165, 1.54) is 17.0 Å². The molecule has 1 atom stereocenters. The van der Waals surface area contributed by atoms with Gasteiger partial charge >= 0.3 is 0 Å². The van der Waals surface area contributed by atoms with Gasteiger partial charge in [0.25, 0.3) is 0 Å². The Bertz CT molecular complexity index is 582. The van der Waals surface area contributed by atoms with Crippen LogP contribution in [0.1, 0.15) is 49.5 Å². The van der Waals surface area contributed by atoms with Gasteiger partial charge < -0.3 is 5.32 Å². The molecule has 0 saturated carbocycles. The highest BCUT2D eigenvalue weighted by molar-refractivity contribution is 5.24. The van der Waals surface area contributed by atoms with Gasteiger partial charge in [0.15, 0.2) is 0 Å². The molecular weight excluding hydrogens is 262 g/mol. The summed E-state index contributed by atoms with van der Waals surface area (Å²) in [6.45, 7) is 10.4. The van der Waals surface area contributed by atoms with E-state index in [9.17, 15) is 0 Å². The number of nitrogens with zero attached hydrogens (tertiary/aromatic N) is 4. The highest BCUT2D eigenvalue weighted by Crippen LogP contribution is 2.22. The molecule has 2 aromatic heterocycles. The third kappa shape index (κ3) is 3.53. The van der Waals surface area contributed by atoms with Gasteiger partial charge in [0.1, 0.15) is 0 Å². The molecule has 2 rings (SSSR count). The first-order valence-electron chi connectivity index (χ1n) is 7.88. The van der Waals surface area contributed by atoms with E-state index in [2.05, 4.69) is 60.2 Å². The van der Waals surface area contributed by atoms with Crippen molar-refractivity contribution in [1.82, 2.24) is 24.9 Å². The number of rotatable bonds is 7. The lowest BCUT2D eigenvalue weighted by molar-refractivity contribution is 0.513. The lowest BCUT2D eigenvalue weighted by Crippen LogP contribution is -2.24. The highest BCUT2D eigenvalue weighted by Gasteiger charge is 2.19. The average molecular weight is 289 g/mol. The molecule has 0 aliphatic carbocycles. The minimum atomic E-state index is 0.292. The maximum Gasteiger partial charge on any atom is 0.0669 e.